The second-order valence-corrected chi connectivity index (χ2v) is 7.52. The number of thioether (sulfide) groups is 1. The van der Waals surface area contributed by atoms with Crippen LogP contribution in [-0.2, 0) is 11.9 Å². The molecule has 4 rings (SSSR count). The van der Waals surface area contributed by atoms with Crippen molar-refractivity contribution < 1.29 is 17.7 Å². The zero-order valence-corrected chi connectivity index (χ0v) is 15.6. The van der Waals surface area contributed by atoms with Crippen LogP contribution in [0.5, 0.6) is 0 Å². The molecule has 11 heteroatoms. The third-order valence-corrected chi connectivity index (χ3v) is 5.56. The Labute approximate surface area is 162 Å². The van der Waals surface area contributed by atoms with Crippen molar-refractivity contribution in [3.63, 3.8) is 0 Å². The summed E-state index contributed by atoms with van der Waals surface area (Å²) in [5.41, 5.74) is -0.259. The first kappa shape index (κ1) is 18.9. The highest BCUT2D eigenvalue weighted by Gasteiger charge is 2.30. The van der Waals surface area contributed by atoms with Gasteiger partial charge in [-0.3, -0.25) is 0 Å². The summed E-state index contributed by atoms with van der Waals surface area (Å²) < 4.78 is 45.0. The Hall–Kier alpha value is -2.43. The number of hydrogen-bond donors (Lipinski definition) is 0. The maximum atomic E-state index is 12.7. The summed E-state index contributed by atoms with van der Waals surface area (Å²) in [6.07, 6.45) is 1.35. The number of halogens is 3. The minimum absolute atomic E-state index is 0.246. The number of nitrogens with zero attached hydrogens (tertiary/aromatic N) is 6. The van der Waals surface area contributed by atoms with Crippen molar-refractivity contribution in [1.29, 1.82) is 0 Å². The van der Waals surface area contributed by atoms with Crippen LogP contribution in [0.15, 0.2) is 33.9 Å². The molecule has 1 aliphatic carbocycles. The predicted octanol–water partition coefficient (Wildman–Crippen LogP) is 4.54. The van der Waals surface area contributed by atoms with Crippen LogP contribution >= 0.6 is 11.8 Å². The van der Waals surface area contributed by atoms with E-state index in [0.717, 1.165) is 25.0 Å². The van der Waals surface area contributed by atoms with Crippen LogP contribution in [0.2, 0.25) is 0 Å². The lowest BCUT2D eigenvalue weighted by molar-refractivity contribution is -0.137. The smallest absolute Gasteiger partial charge is 0.338 e. The van der Waals surface area contributed by atoms with Crippen molar-refractivity contribution in [2.45, 2.75) is 55.2 Å². The van der Waals surface area contributed by atoms with Crippen molar-refractivity contribution in [3.8, 4) is 11.4 Å². The van der Waals surface area contributed by atoms with E-state index in [2.05, 4.69) is 25.7 Å². The van der Waals surface area contributed by atoms with Crippen molar-refractivity contribution in [3.05, 3.63) is 35.7 Å². The van der Waals surface area contributed by atoms with Gasteiger partial charge in [0.05, 0.1) is 17.4 Å². The van der Waals surface area contributed by atoms with E-state index in [9.17, 15) is 13.2 Å². The van der Waals surface area contributed by atoms with Gasteiger partial charge in [-0.15, -0.1) is 5.10 Å². The lowest BCUT2D eigenvalue weighted by Crippen LogP contribution is -2.15. The summed E-state index contributed by atoms with van der Waals surface area (Å²) in [6.45, 7) is 0. The summed E-state index contributed by atoms with van der Waals surface area (Å²) >= 11 is 1.40. The number of alkyl halides is 3. The molecule has 0 amide bonds. The minimum Gasteiger partial charge on any atom is -0.338 e. The standard InChI is InChI=1S/C17H17F3N6OS/c18-17(19,20)12-8-6-11(7-9-12)15-21-14(27-23-15)10-28-16-22-24-25-26(16)13-4-2-1-3-5-13/h6-9,13H,1-5,10H2. The Kier molecular flexibility index (Phi) is 5.33. The fraction of sp³-hybridized carbons (Fsp3) is 0.471. The van der Waals surface area contributed by atoms with E-state index in [-0.39, 0.29) is 5.82 Å². The summed E-state index contributed by atoms with van der Waals surface area (Å²) in [6, 6.07) is 4.97. The van der Waals surface area contributed by atoms with Gasteiger partial charge in [-0.25, -0.2) is 4.68 Å². The van der Waals surface area contributed by atoms with Gasteiger partial charge >= 0.3 is 6.18 Å². The molecular formula is C17H17F3N6OS. The lowest BCUT2D eigenvalue weighted by atomic mass is 9.96. The van der Waals surface area contributed by atoms with Gasteiger partial charge in [0.25, 0.3) is 0 Å². The molecule has 0 saturated heterocycles. The Morgan fingerprint density at radius 1 is 1.11 bits per heavy atom. The van der Waals surface area contributed by atoms with Crippen LogP contribution in [0.3, 0.4) is 0 Å². The number of rotatable bonds is 5. The number of benzene rings is 1. The second-order valence-electron chi connectivity index (χ2n) is 6.57. The van der Waals surface area contributed by atoms with E-state index in [0.29, 0.717) is 28.4 Å². The normalized spacial score (nSPS) is 15.8. The highest BCUT2D eigenvalue weighted by atomic mass is 32.2. The zero-order valence-electron chi connectivity index (χ0n) is 14.8. The SMILES string of the molecule is FC(F)(F)c1ccc(-c2noc(CSc3nnnn3C3CCCCC3)n2)cc1. The quantitative estimate of drug-likeness (QED) is 0.571. The molecular weight excluding hydrogens is 393 g/mol. The van der Waals surface area contributed by atoms with Crippen LogP contribution in [0.4, 0.5) is 13.2 Å². The highest BCUT2D eigenvalue weighted by molar-refractivity contribution is 7.98. The first-order valence-corrected chi connectivity index (χ1v) is 9.90. The molecule has 2 aromatic heterocycles. The van der Waals surface area contributed by atoms with Crippen LogP contribution < -0.4 is 0 Å². The summed E-state index contributed by atoms with van der Waals surface area (Å²) in [4.78, 5) is 4.26. The lowest BCUT2D eigenvalue weighted by Gasteiger charge is -2.21. The summed E-state index contributed by atoms with van der Waals surface area (Å²) in [5.74, 6) is 0.982. The van der Waals surface area contributed by atoms with Crippen molar-refractivity contribution >= 4 is 11.8 Å². The number of aromatic nitrogens is 6. The number of hydrogen-bond acceptors (Lipinski definition) is 7. The molecule has 28 heavy (non-hydrogen) atoms. The first-order valence-electron chi connectivity index (χ1n) is 8.91. The highest BCUT2D eigenvalue weighted by Crippen LogP contribution is 2.32. The van der Waals surface area contributed by atoms with E-state index in [1.54, 1.807) is 0 Å². The molecule has 1 saturated carbocycles. The molecule has 2 heterocycles. The monoisotopic (exact) mass is 410 g/mol. The van der Waals surface area contributed by atoms with Gasteiger partial charge in [-0.1, -0.05) is 48.3 Å². The third-order valence-electron chi connectivity index (χ3n) is 4.65. The zero-order chi connectivity index (χ0) is 19.6. The molecule has 7 nitrogen and oxygen atoms in total. The van der Waals surface area contributed by atoms with Crippen molar-refractivity contribution in [2.75, 3.05) is 0 Å². The summed E-state index contributed by atoms with van der Waals surface area (Å²) in [5, 5.41) is 16.5. The number of tetrazole rings is 1. The van der Waals surface area contributed by atoms with E-state index >= 15 is 0 Å². The Balaban J connectivity index is 1.41. The van der Waals surface area contributed by atoms with Gasteiger partial charge in [-0.05, 0) is 35.4 Å². The van der Waals surface area contributed by atoms with Gasteiger partial charge in [0.1, 0.15) is 0 Å². The van der Waals surface area contributed by atoms with Crippen molar-refractivity contribution in [1.82, 2.24) is 30.3 Å². The molecule has 148 valence electrons. The largest absolute Gasteiger partial charge is 0.416 e. The minimum atomic E-state index is -4.38. The molecule has 0 N–H and O–H groups in total. The Morgan fingerprint density at radius 3 is 2.57 bits per heavy atom. The maximum absolute atomic E-state index is 12.7. The molecule has 0 aliphatic heterocycles. The average molecular weight is 410 g/mol. The first-order chi connectivity index (χ1) is 13.5. The van der Waals surface area contributed by atoms with Crippen molar-refractivity contribution in [2.24, 2.45) is 0 Å². The molecule has 0 spiro atoms. The molecule has 1 aliphatic rings. The topological polar surface area (TPSA) is 82.5 Å². The van der Waals surface area contributed by atoms with Crippen LogP contribution in [-0.4, -0.2) is 30.3 Å². The van der Waals surface area contributed by atoms with Gasteiger partial charge in [0.2, 0.25) is 16.9 Å². The Bertz CT molecular complexity index is 918. The molecule has 1 fully saturated rings. The van der Waals surface area contributed by atoms with E-state index in [1.165, 1.54) is 43.2 Å². The molecule has 3 aromatic rings. The predicted molar refractivity (Wildman–Crippen MR) is 94.2 cm³/mol. The van der Waals surface area contributed by atoms with E-state index in [1.807, 2.05) is 4.68 Å². The molecule has 0 bridgehead atoms. The van der Waals surface area contributed by atoms with E-state index in [4.69, 9.17) is 4.52 Å². The molecule has 0 atom stereocenters. The Morgan fingerprint density at radius 2 is 1.86 bits per heavy atom. The fourth-order valence-corrected chi connectivity index (χ4v) is 3.98. The molecule has 1 aromatic carbocycles. The van der Waals surface area contributed by atoms with Gasteiger partial charge in [-0.2, -0.15) is 18.2 Å². The summed E-state index contributed by atoms with van der Waals surface area (Å²) in [7, 11) is 0. The van der Waals surface area contributed by atoms with Gasteiger partial charge in [0.15, 0.2) is 0 Å². The van der Waals surface area contributed by atoms with Gasteiger partial charge in [0, 0.05) is 5.56 Å². The molecule has 0 unspecified atom stereocenters. The van der Waals surface area contributed by atoms with Gasteiger partial charge < -0.3 is 4.52 Å². The fourth-order valence-electron chi connectivity index (χ4n) is 3.20. The van der Waals surface area contributed by atoms with E-state index < -0.39 is 11.7 Å². The maximum Gasteiger partial charge on any atom is 0.416 e. The second kappa shape index (κ2) is 7.90. The van der Waals surface area contributed by atoms with Crippen LogP contribution in [0.25, 0.3) is 11.4 Å². The average Bonchev–Trinajstić information content (AvgIpc) is 3.36. The molecule has 0 radical (unpaired) electrons. The van der Waals surface area contributed by atoms with Crippen LogP contribution in [0.1, 0.15) is 49.6 Å². The van der Waals surface area contributed by atoms with Crippen LogP contribution in [0, 0.1) is 0 Å². The third kappa shape index (κ3) is 4.18.